The van der Waals surface area contributed by atoms with Crippen molar-refractivity contribution in [1.29, 1.82) is 0 Å². The Balaban J connectivity index is 1.83. The Labute approximate surface area is 135 Å². The molecule has 112 valence electrons. The predicted octanol–water partition coefficient (Wildman–Crippen LogP) is 4.99. The fourth-order valence-corrected chi connectivity index (χ4v) is 3.11. The molecular weight excluding hydrogens is 282 g/mol. The summed E-state index contributed by atoms with van der Waals surface area (Å²) >= 11 is 0. The maximum atomic E-state index is 5.32. The van der Waals surface area contributed by atoms with Gasteiger partial charge in [0.1, 0.15) is 5.75 Å². The second-order valence-electron chi connectivity index (χ2n) is 5.66. The van der Waals surface area contributed by atoms with E-state index in [-0.39, 0.29) is 0 Å². The average molecular weight is 299 g/mol. The van der Waals surface area contributed by atoms with Crippen LogP contribution >= 0.6 is 0 Å². The number of fused-ring (bicyclic) bond motifs is 2. The molecule has 0 radical (unpaired) electrons. The van der Waals surface area contributed by atoms with Crippen molar-refractivity contribution in [2.45, 2.75) is 6.42 Å². The first kappa shape index (κ1) is 13.8. The number of benzene rings is 3. The zero-order valence-electron chi connectivity index (χ0n) is 13.0. The van der Waals surface area contributed by atoms with Crippen molar-refractivity contribution in [3.05, 3.63) is 84.2 Å². The normalized spacial score (nSPS) is 11.0. The molecule has 4 rings (SSSR count). The highest BCUT2D eigenvalue weighted by molar-refractivity contribution is 5.88. The predicted molar refractivity (Wildman–Crippen MR) is 95.0 cm³/mol. The molecular formula is C21H17NO. The highest BCUT2D eigenvalue weighted by Gasteiger charge is 2.07. The molecule has 3 aromatic carbocycles. The molecule has 4 aromatic rings. The summed E-state index contributed by atoms with van der Waals surface area (Å²) in [6.45, 7) is 0. The summed E-state index contributed by atoms with van der Waals surface area (Å²) in [6.07, 6.45) is 2.70. The minimum atomic E-state index is 0.824. The third-order valence-electron chi connectivity index (χ3n) is 4.29. The molecule has 0 spiro atoms. The van der Waals surface area contributed by atoms with Gasteiger partial charge in [0.15, 0.2) is 0 Å². The van der Waals surface area contributed by atoms with Crippen molar-refractivity contribution in [2.75, 3.05) is 7.11 Å². The first-order valence-electron chi connectivity index (χ1n) is 7.73. The molecule has 0 aliphatic carbocycles. The van der Waals surface area contributed by atoms with E-state index in [1.807, 2.05) is 18.3 Å². The fraction of sp³-hybridized carbons (Fsp3) is 0.0952. The fourth-order valence-electron chi connectivity index (χ4n) is 3.11. The van der Waals surface area contributed by atoms with Crippen LogP contribution in [-0.4, -0.2) is 12.1 Å². The zero-order chi connectivity index (χ0) is 15.6. The standard InChI is InChI=1S/C21H17NO/c1-23-18-9-10-20-17(13-18)11-12-22-21(20)14-16-7-4-6-15-5-2-3-8-19(15)16/h2-13H,14H2,1H3. The van der Waals surface area contributed by atoms with Gasteiger partial charge in [-0.05, 0) is 46.0 Å². The van der Waals surface area contributed by atoms with Crippen LogP contribution in [-0.2, 0) is 6.42 Å². The van der Waals surface area contributed by atoms with Gasteiger partial charge < -0.3 is 4.74 Å². The van der Waals surface area contributed by atoms with Gasteiger partial charge in [-0.3, -0.25) is 4.98 Å². The van der Waals surface area contributed by atoms with Gasteiger partial charge in [0, 0.05) is 18.0 Å². The molecule has 0 unspecified atom stereocenters. The molecule has 0 fully saturated rings. The van der Waals surface area contributed by atoms with Crippen LogP contribution in [0.4, 0.5) is 0 Å². The molecule has 0 amide bonds. The van der Waals surface area contributed by atoms with Crippen LogP contribution in [0.3, 0.4) is 0 Å². The molecule has 0 saturated heterocycles. The van der Waals surface area contributed by atoms with Crippen molar-refractivity contribution >= 4 is 21.5 Å². The van der Waals surface area contributed by atoms with Crippen LogP contribution in [0.2, 0.25) is 0 Å². The zero-order valence-corrected chi connectivity index (χ0v) is 13.0. The summed E-state index contributed by atoms with van der Waals surface area (Å²) in [5.41, 5.74) is 2.40. The van der Waals surface area contributed by atoms with Gasteiger partial charge >= 0.3 is 0 Å². The summed E-state index contributed by atoms with van der Waals surface area (Å²) < 4.78 is 5.32. The Kier molecular flexibility index (Phi) is 3.43. The number of aromatic nitrogens is 1. The largest absolute Gasteiger partial charge is 0.497 e. The smallest absolute Gasteiger partial charge is 0.119 e. The Morgan fingerprint density at radius 3 is 2.61 bits per heavy atom. The summed E-state index contributed by atoms with van der Waals surface area (Å²) in [4.78, 5) is 4.62. The molecule has 2 nitrogen and oxygen atoms in total. The van der Waals surface area contributed by atoms with E-state index in [0.29, 0.717) is 0 Å². The van der Waals surface area contributed by atoms with Crippen molar-refractivity contribution in [2.24, 2.45) is 0 Å². The summed E-state index contributed by atoms with van der Waals surface area (Å²) in [7, 11) is 1.69. The highest BCUT2D eigenvalue weighted by atomic mass is 16.5. The summed E-state index contributed by atoms with van der Waals surface area (Å²) in [5.74, 6) is 0.875. The van der Waals surface area contributed by atoms with Crippen LogP contribution in [0.5, 0.6) is 5.75 Å². The first-order valence-corrected chi connectivity index (χ1v) is 7.73. The number of hydrogen-bond donors (Lipinski definition) is 0. The average Bonchev–Trinajstić information content (AvgIpc) is 2.62. The Morgan fingerprint density at radius 1 is 0.826 bits per heavy atom. The van der Waals surface area contributed by atoms with E-state index in [1.54, 1.807) is 7.11 Å². The van der Waals surface area contributed by atoms with Crippen LogP contribution in [0.25, 0.3) is 21.5 Å². The number of rotatable bonds is 3. The van der Waals surface area contributed by atoms with Gasteiger partial charge in [0.25, 0.3) is 0 Å². The number of ether oxygens (including phenoxy) is 1. The molecule has 0 saturated carbocycles. The second-order valence-corrected chi connectivity index (χ2v) is 5.66. The van der Waals surface area contributed by atoms with E-state index in [1.165, 1.54) is 21.7 Å². The van der Waals surface area contributed by atoms with E-state index >= 15 is 0 Å². The SMILES string of the molecule is COc1ccc2c(Cc3cccc4ccccc34)nccc2c1. The van der Waals surface area contributed by atoms with E-state index in [4.69, 9.17) is 4.74 Å². The number of nitrogens with zero attached hydrogens (tertiary/aromatic N) is 1. The molecule has 0 N–H and O–H groups in total. The minimum absolute atomic E-state index is 0.824. The minimum Gasteiger partial charge on any atom is -0.497 e. The van der Waals surface area contributed by atoms with Gasteiger partial charge in [0.05, 0.1) is 12.8 Å². The Morgan fingerprint density at radius 2 is 1.70 bits per heavy atom. The monoisotopic (exact) mass is 299 g/mol. The van der Waals surface area contributed by atoms with Gasteiger partial charge in [-0.25, -0.2) is 0 Å². The Bertz CT molecular complexity index is 986. The molecule has 0 aliphatic rings. The van der Waals surface area contributed by atoms with Crippen molar-refractivity contribution in [3.63, 3.8) is 0 Å². The van der Waals surface area contributed by atoms with Gasteiger partial charge in [-0.15, -0.1) is 0 Å². The lowest BCUT2D eigenvalue weighted by Crippen LogP contribution is -1.95. The van der Waals surface area contributed by atoms with Gasteiger partial charge in [0.2, 0.25) is 0 Å². The van der Waals surface area contributed by atoms with Gasteiger partial charge in [-0.1, -0.05) is 42.5 Å². The van der Waals surface area contributed by atoms with Crippen LogP contribution in [0.15, 0.2) is 72.9 Å². The van der Waals surface area contributed by atoms with Crippen LogP contribution < -0.4 is 4.74 Å². The quantitative estimate of drug-likeness (QED) is 0.532. The molecule has 0 aliphatic heterocycles. The second kappa shape index (κ2) is 5.73. The van der Waals surface area contributed by atoms with Gasteiger partial charge in [-0.2, -0.15) is 0 Å². The maximum absolute atomic E-state index is 5.32. The van der Waals surface area contributed by atoms with E-state index in [9.17, 15) is 0 Å². The maximum Gasteiger partial charge on any atom is 0.119 e. The van der Waals surface area contributed by atoms with Crippen molar-refractivity contribution in [1.82, 2.24) is 4.98 Å². The number of hydrogen-bond acceptors (Lipinski definition) is 2. The summed E-state index contributed by atoms with van der Waals surface area (Å²) in [5, 5.41) is 4.91. The van der Waals surface area contributed by atoms with Crippen molar-refractivity contribution in [3.8, 4) is 5.75 Å². The molecule has 1 aromatic heterocycles. The van der Waals surface area contributed by atoms with Crippen LogP contribution in [0, 0.1) is 0 Å². The molecule has 0 atom stereocenters. The summed E-state index contributed by atoms with van der Waals surface area (Å²) in [6, 6.07) is 23.1. The topological polar surface area (TPSA) is 22.1 Å². The lowest BCUT2D eigenvalue weighted by atomic mass is 9.98. The van der Waals surface area contributed by atoms with Crippen molar-refractivity contribution < 1.29 is 4.74 Å². The lowest BCUT2D eigenvalue weighted by molar-refractivity contribution is 0.415. The van der Waals surface area contributed by atoms with Crippen LogP contribution in [0.1, 0.15) is 11.3 Å². The Hall–Kier alpha value is -2.87. The highest BCUT2D eigenvalue weighted by Crippen LogP contribution is 2.26. The third kappa shape index (κ3) is 2.53. The van der Waals surface area contributed by atoms with E-state index in [0.717, 1.165) is 23.3 Å². The molecule has 0 bridgehead atoms. The van der Waals surface area contributed by atoms with E-state index in [2.05, 4.69) is 59.6 Å². The lowest BCUT2D eigenvalue weighted by Gasteiger charge is -2.09. The molecule has 1 heterocycles. The number of pyridine rings is 1. The molecule has 2 heteroatoms. The van der Waals surface area contributed by atoms with E-state index < -0.39 is 0 Å². The number of methoxy groups -OCH3 is 1. The first-order chi connectivity index (χ1) is 11.3. The third-order valence-corrected chi connectivity index (χ3v) is 4.29. The molecule has 23 heavy (non-hydrogen) atoms.